The largest absolute Gasteiger partial charge is 0.488 e. The lowest BCUT2D eigenvalue weighted by atomic mass is 10.2. The average Bonchev–Trinajstić information content (AvgIpc) is 2.37. The maximum absolute atomic E-state index is 13.7. The van der Waals surface area contributed by atoms with Crippen LogP contribution in [0.3, 0.4) is 0 Å². The summed E-state index contributed by atoms with van der Waals surface area (Å²) in [5, 5.41) is 0. The van der Waals surface area contributed by atoms with Crippen molar-refractivity contribution in [2.45, 2.75) is 20.0 Å². The van der Waals surface area contributed by atoms with Gasteiger partial charge in [0.25, 0.3) is 0 Å². The summed E-state index contributed by atoms with van der Waals surface area (Å²) < 4.78 is 25.9. The molecule has 0 unspecified atom stereocenters. The third-order valence-electron chi connectivity index (χ3n) is 2.47. The minimum absolute atomic E-state index is 0.126. The molecule has 2 rings (SSSR count). The summed E-state index contributed by atoms with van der Waals surface area (Å²) in [6.45, 7) is 3.66. The fourth-order valence-corrected chi connectivity index (χ4v) is 1.97. The first-order chi connectivity index (χ1) is 9.45. The van der Waals surface area contributed by atoms with E-state index in [4.69, 9.17) is 15.2 Å². The number of ether oxygens (including phenoxy) is 2. The maximum atomic E-state index is 13.7. The third-order valence-corrected chi connectivity index (χ3v) is 3.19. The van der Waals surface area contributed by atoms with Gasteiger partial charge in [0.1, 0.15) is 5.75 Å². The van der Waals surface area contributed by atoms with E-state index in [9.17, 15) is 4.39 Å². The van der Waals surface area contributed by atoms with Crippen molar-refractivity contribution in [3.8, 4) is 17.2 Å². The van der Waals surface area contributed by atoms with Crippen LogP contribution in [0.2, 0.25) is 0 Å². The second kappa shape index (κ2) is 6.30. The Bertz CT molecular complexity index is 600. The SMILES string of the molecule is CC(C)Oc1cc(Oc2ccc(I)cc2)c(N)cc1F. The summed E-state index contributed by atoms with van der Waals surface area (Å²) in [7, 11) is 0. The van der Waals surface area contributed by atoms with Crippen molar-refractivity contribution in [3.05, 3.63) is 45.8 Å². The van der Waals surface area contributed by atoms with E-state index >= 15 is 0 Å². The van der Waals surface area contributed by atoms with Crippen LogP contribution in [0.1, 0.15) is 13.8 Å². The van der Waals surface area contributed by atoms with Crippen LogP contribution in [0.5, 0.6) is 17.2 Å². The molecule has 2 N–H and O–H groups in total. The molecule has 0 saturated heterocycles. The molecular formula is C15H15FINO2. The molecule has 0 aliphatic rings. The standard InChI is InChI=1S/C15H15FINO2/c1-9(2)19-14-8-15(13(18)7-12(14)16)20-11-5-3-10(17)4-6-11/h3-9H,18H2,1-2H3. The van der Waals surface area contributed by atoms with E-state index in [0.717, 1.165) is 3.57 Å². The number of halogens is 2. The van der Waals surface area contributed by atoms with Gasteiger partial charge in [-0.2, -0.15) is 0 Å². The molecular weight excluding hydrogens is 372 g/mol. The predicted octanol–water partition coefficient (Wildman–Crippen LogP) is 4.59. The molecule has 3 nitrogen and oxygen atoms in total. The number of hydrogen-bond acceptors (Lipinski definition) is 3. The van der Waals surface area contributed by atoms with E-state index < -0.39 is 5.82 Å². The zero-order valence-electron chi connectivity index (χ0n) is 11.2. The molecule has 0 atom stereocenters. The van der Waals surface area contributed by atoms with Gasteiger partial charge < -0.3 is 15.2 Å². The molecule has 0 aromatic heterocycles. The smallest absolute Gasteiger partial charge is 0.167 e. The van der Waals surface area contributed by atoms with Crippen molar-refractivity contribution in [2.24, 2.45) is 0 Å². The lowest BCUT2D eigenvalue weighted by Gasteiger charge is -2.14. The van der Waals surface area contributed by atoms with Crippen molar-refractivity contribution >= 4 is 28.3 Å². The lowest BCUT2D eigenvalue weighted by molar-refractivity contribution is 0.230. The topological polar surface area (TPSA) is 44.5 Å². The lowest BCUT2D eigenvalue weighted by Crippen LogP contribution is -2.07. The summed E-state index contributed by atoms with van der Waals surface area (Å²) in [4.78, 5) is 0. The van der Waals surface area contributed by atoms with Crippen LogP contribution in [0.15, 0.2) is 36.4 Å². The predicted molar refractivity (Wildman–Crippen MR) is 85.8 cm³/mol. The Morgan fingerprint density at radius 2 is 1.75 bits per heavy atom. The zero-order chi connectivity index (χ0) is 14.7. The van der Waals surface area contributed by atoms with Gasteiger partial charge in [-0.1, -0.05) is 0 Å². The quantitative estimate of drug-likeness (QED) is 0.617. The fourth-order valence-electron chi connectivity index (χ4n) is 1.61. The van der Waals surface area contributed by atoms with E-state index in [1.54, 1.807) is 0 Å². The van der Waals surface area contributed by atoms with Gasteiger partial charge in [-0.3, -0.25) is 0 Å². The highest BCUT2D eigenvalue weighted by atomic mass is 127. The average molecular weight is 387 g/mol. The normalized spacial score (nSPS) is 10.7. The van der Waals surface area contributed by atoms with Gasteiger partial charge in [0.15, 0.2) is 17.3 Å². The van der Waals surface area contributed by atoms with Crippen molar-refractivity contribution in [1.29, 1.82) is 0 Å². The first kappa shape index (κ1) is 14.9. The molecule has 0 aliphatic heterocycles. The molecule has 0 amide bonds. The molecule has 0 radical (unpaired) electrons. The number of nitrogens with two attached hydrogens (primary N) is 1. The first-order valence-electron chi connectivity index (χ1n) is 6.15. The minimum Gasteiger partial charge on any atom is -0.488 e. The van der Waals surface area contributed by atoms with Gasteiger partial charge in [0, 0.05) is 15.7 Å². The van der Waals surface area contributed by atoms with Gasteiger partial charge in [0.2, 0.25) is 0 Å². The highest BCUT2D eigenvalue weighted by Gasteiger charge is 2.12. The number of benzene rings is 2. The Balaban J connectivity index is 2.28. The summed E-state index contributed by atoms with van der Waals surface area (Å²) in [5.74, 6) is 0.656. The molecule has 0 aliphatic carbocycles. The van der Waals surface area contributed by atoms with Crippen LogP contribution in [0.4, 0.5) is 10.1 Å². The van der Waals surface area contributed by atoms with E-state index in [0.29, 0.717) is 11.5 Å². The molecule has 106 valence electrons. The van der Waals surface area contributed by atoms with E-state index in [1.807, 2.05) is 38.1 Å². The van der Waals surface area contributed by atoms with Gasteiger partial charge in [-0.15, -0.1) is 0 Å². The summed E-state index contributed by atoms with van der Waals surface area (Å²) in [5.41, 5.74) is 6.01. The Labute approximate surface area is 131 Å². The van der Waals surface area contributed by atoms with Gasteiger partial charge in [-0.25, -0.2) is 4.39 Å². The van der Waals surface area contributed by atoms with Crippen LogP contribution >= 0.6 is 22.6 Å². The molecule has 5 heteroatoms. The maximum Gasteiger partial charge on any atom is 0.167 e. The van der Waals surface area contributed by atoms with Crippen LogP contribution in [0.25, 0.3) is 0 Å². The van der Waals surface area contributed by atoms with Crippen molar-refractivity contribution < 1.29 is 13.9 Å². The highest BCUT2D eigenvalue weighted by molar-refractivity contribution is 14.1. The molecule has 0 fully saturated rings. The number of rotatable bonds is 4. The van der Waals surface area contributed by atoms with Gasteiger partial charge >= 0.3 is 0 Å². The summed E-state index contributed by atoms with van der Waals surface area (Å²) in [6.07, 6.45) is -0.126. The second-order valence-electron chi connectivity index (χ2n) is 4.54. The number of hydrogen-bond donors (Lipinski definition) is 1. The van der Waals surface area contributed by atoms with Crippen molar-refractivity contribution in [1.82, 2.24) is 0 Å². The van der Waals surface area contributed by atoms with E-state index in [2.05, 4.69) is 22.6 Å². The minimum atomic E-state index is -0.494. The number of nitrogen functional groups attached to an aromatic ring is 1. The third kappa shape index (κ3) is 3.75. The highest BCUT2D eigenvalue weighted by Crippen LogP contribution is 2.34. The van der Waals surface area contributed by atoms with Gasteiger partial charge in [-0.05, 0) is 60.7 Å². The number of anilines is 1. The Kier molecular flexibility index (Phi) is 4.69. The summed E-state index contributed by atoms with van der Waals surface area (Å²) >= 11 is 2.21. The monoisotopic (exact) mass is 387 g/mol. The Hall–Kier alpha value is -1.50. The van der Waals surface area contributed by atoms with Crippen LogP contribution in [0, 0.1) is 9.39 Å². The first-order valence-corrected chi connectivity index (χ1v) is 7.22. The van der Waals surface area contributed by atoms with Gasteiger partial charge in [0.05, 0.1) is 11.8 Å². The Morgan fingerprint density at radius 1 is 1.10 bits per heavy atom. The molecule has 0 saturated carbocycles. The molecule has 0 heterocycles. The fraction of sp³-hybridized carbons (Fsp3) is 0.200. The van der Waals surface area contributed by atoms with E-state index in [1.165, 1.54) is 12.1 Å². The molecule has 0 spiro atoms. The zero-order valence-corrected chi connectivity index (χ0v) is 13.3. The molecule has 2 aromatic carbocycles. The van der Waals surface area contributed by atoms with Crippen molar-refractivity contribution in [2.75, 3.05) is 5.73 Å². The van der Waals surface area contributed by atoms with Crippen LogP contribution in [-0.4, -0.2) is 6.10 Å². The van der Waals surface area contributed by atoms with Crippen LogP contribution in [-0.2, 0) is 0 Å². The van der Waals surface area contributed by atoms with Crippen LogP contribution < -0.4 is 15.2 Å². The van der Waals surface area contributed by atoms with E-state index in [-0.39, 0.29) is 17.5 Å². The summed E-state index contributed by atoms with van der Waals surface area (Å²) in [6, 6.07) is 10.2. The molecule has 20 heavy (non-hydrogen) atoms. The molecule has 0 bridgehead atoms. The van der Waals surface area contributed by atoms with Crippen molar-refractivity contribution in [3.63, 3.8) is 0 Å². The molecule has 2 aromatic rings. The Morgan fingerprint density at radius 3 is 2.35 bits per heavy atom. The second-order valence-corrected chi connectivity index (χ2v) is 5.79.